The Morgan fingerprint density at radius 1 is 0.274 bits per heavy atom. The third kappa shape index (κ3) is 57.0. The molecule has 1 atom stereocenters. The van der Waals surface area contributed by atoms with Gasteiger partial charge in [-0.05, 0) is 148 Å². The number of carbonyl (C=O) groups is 3. The number of esters is 3. The highest BCUT2D eigenvalue weighted by molar-refractivity contribution is 5.71. The van der Waals surface area contributed by atoms with Crippen LogP contribution in [0.4, 0.5) is 0 Å². The molecule has 0 saturated carbocycles. The molecular formula is C67H98O6. The van der Waals surface area contributed by atoms with Crippen LogP contribution in [0.25, 0.3) is 0 Å². The molecule has 0 aromatic heterocycles. The molecule has 73 heavy (non-hydrogen) atoms. The quantitative estimate of drug-likeness (QED) is 0.0262. The standard InChI is InChI=1S/C67H98O6/c1-4-7-10-13-16-19-22-25-28-31-32-33-34-37-39-42-45-48-51-54-57-60-66(69)72-63-64(73-67(70)61-58-55-52-49-46-43-40-36-30-27-24-21-18-15-12-9-6-3)62-71-65(68)59-56-53-50-47-44-41-38-35-29-26-23-20-17-14-11-8-5-2/h7-12,16-21,25-30,32-33,37-41,43,45,47-50,52,64H,4-6,13-15,22-24,31,34-36,42,44,46,51,53-63H2,1-3H3/b10-7-,11-8-,12-9-,19-16-,20-17-,21-18-,28-25-,29-26-,30-27-,33-32-,39-37-,41-38-,43-40-,48-45-,50-47-,52-49-. The summed E-state index contributed by atoms with van der Waals surface area (Å²) in [5, 5.41) is 0. The smallest absolute Gasteiger partial charge is 0.306 e. The highest BCUT2D eigenvalue weighted by Gasteiger charge is 2.19. The Labute approximate surface area is 446 Å². The van der Waals surface area contributed by atoms with Crippen LogP contribution in [0.3, 0.4) is 0 Å². The van der Waals surface area contributed by atoms with Crippen molar-refractivity contribution in [3.8, 4) is 0 Å². The minimum Gasteiger partial charge on any atom is -0.462 e. The van der Waals surface area contributed by atoms with Gasteiger partial charge >= 0.3 is 17.9 Å². The SMILES string of the molecule is CC/C=C\C/C=C\C/C=C\C/C=C\C/C=C\C/C=C\CCCCC(=O)OCC(COC(=O)CCC/C=C\C/C=C\C/C=C\C/C=C\C/C=C\CC)OC(=O)CCC/C=C\C/C=C\C/C=C\C/C=C\C/C=C\CC. The van der Waals surface area contributed by atoms with Gasteiger partial charge in [0.25, 0.3) is 0 Å². The first kappa shape index (κ1) is 67.2. The lowest BCUT2D eigenvalue weighted by Crippen LogP contribution is -2.30. The molecule has 0 saturated heterocycles. The molecule has 0 aromatic carbocycles. The summed E-state index contributed by atoms with van der Waals surface area (Å²) < 4.78 is 16.7. The van der Waals surface area contributed by atoms with Gasteiger partial charge in [0.05, 0.1) is 0 Å². The Balaban J connectivity index is 4.69. The van der Waals surface area contributed by atoms with E-state index in [0.717, 1.165) is 128 Å². The molecule has 0 aliphatic carbocycles. The molecule has 0 N–H and O–H groups in total. The first-order chi connectivity index (χ1) is 36.0. The lowest BCUT2D eigenvalue weighted by molar-refractivity contribution is -0.167. The number of rotatable bonds is 47. The van der Waals surface area contributed by atoms with Crippen molar-refractivity contribution in [2.45, 2.75) is 194 Å². The first-order valence-electron chi connectivity index (χ1n) is 27.9. The van der Waals surface area contributed by atoms with Crippen LogP contribution >= 0.6 is 0 Å². The van der Waals surface area contributed by atoms with E-state index >= 15 is 0 Å². The van der Waals surface area contributed by atoms with E-state index < -0.39 is 12.1 Å². The van der Waals surface area contributed by atoms with Gasteiger partial charge < -0.3 is 14.2 Å². The van der Waals surface area contributed by atoms with Gasteiger partial charge in [0.2, 0.25) is 0 Å². The largest absolute Gasteiger partial charge is 0.462 e. The molecule has 6 nitrogen and oxygen atoms in total. The highest BCUT2D eigenvalue weighted by atomic mass is 16.6. The molecule has 0 aliphatic rings. The summed E-state index contributed by atoms with van der Waals surface area (Å²) in [5.74, 6) is -1.13. The molecule has 0 heterocycles. The van der Waals surface area contributed by atoms with Gasteiger partial charge in [0.1, 0.15) is 13.2 Å². The van der Waals surface area contributed by atoms with Crippen molar-refractivity contribution >= 4 is 17.9 Å². The van der Waals surface area contributed by atoms with Crippen LogP contribution in [-0.4, -0.2) is 37.2 Å². The van der Waals surface area contributed by atoms with E-state index in [2.05, 4.69) is 215 Å². The number of hydrogen-bond acceptors (Lipinski definition) is 6. The van der Waals surface area contributed by atoms with Crippen molar-refractivity contribution in [1.82, 2.24) is 0 Å². The molecule has 1 unspecified atom stereocenters. The van der Waals surface area contributed by atoms with Crippen molar-refractivity contribution < 1.29 is 28.6 Å². The van der Waals surface area contributed by atoms with Gasteiger partial charge in [-0.25, -0.2) is 0 Å². The molecule has 0 aromatic rings. The summed E-state index contributed by atoms with van der Waals surface area (Å²) >= 11 is 0. The van der Waals surface area contributed by atoms with E-state index in [1.807, 2.05) is 0 Å². The molecule has 402 valence electrons. The number of allylic oxidation sites excluding steroid dienone is 32. The predicted molar refractivity (Wildman–Crippen MR) is 315 cm³/mol. The van der Waals surface area contributed by atoms with Crippen LogP contribution in [-0.2, 0) is 28.6 Å². The summed E-state index contributed by atoms with van der Waals surface area (Å²) in [6, 6.07) is 0. The molecule has 0 rings (SSSR count). The van der Waals surface area contributed by atoms with Crippen LogP contribution in [0.2, 0.25) is 0 Å². The second-order valence-electron chi connectivity index (χ2n) is 17.3. The molecule has 0 fully saturated rings. The summed E-state index contributed by atoms with van der Waals surface area (Å²) in [4.78, 5) is 38.1. The van der Waals surface area contributed by atoms with Crippen molar-refractivity contribution in [3.05, 3.63) is 194 Å². The number of hydrogen-bond donors (Lipinski definition) is 0. The Hall–Kier alpha value is -5.75. The van der Waals surface area contributed by atoms with Gasteiger partial charge in [-0.3, -0.25) is 14.4 Å². The summed E-state index contributed by atoms with van der Waals surface area (Å²) in [5.41, 5.74) is 0. The summed E-state index contributed by atoms with van der Waals surface area (Å²) in [7, 11) is 0. The third-order valence-electron chi connectivity index (χ3n) is 10.6. The van der Waals surface area contributed by atoms with Crippen molar-refractivity contribution in [1.29, 1.82) is 0 Å². The Bertz CT molecular complexity index is 1810. The maximum absolute atomic E-state index is 12.8. The minimum atomic E-state index is -0.862. The molecule has 0 amide bonds. The minimum absolute atomic E-state index is 0.153. The lowest BCUT2D eigenvalue weighted by Gasteiger charge is -2.18. The summed E-state index contributed by atoms with van der Waals surface area (Å²) in [6.45, 7) is 6.13. The van der Waals surface area contributed by atoms with Crippen LogP contribution in [0.15, 0.2) is 194 Å². The third-order valence-corrected chi connectivity index (χ3v) is 10.6. The van der Waals surface area contributed by atoms with E-state index in [-0.39, 0.29) is 44.4 Å². The molecular weight excluding hydrogens is 901 g/mol. The van der Waals surface area contributed by atoms with E-state index in [1.54, 1.807) is 0 Å². The fourth-order valence-electron chi connectivity index (χ4n) is 6.51. The zero-order valence-corrected chi connectivity index (χ0v) is 45.8. The molecule has 0 spiro atoms. The zero-order valence-electron chi connectivity index (χ0n) is 45.8. The number of ether oxygens (including phenoxy) is 3. The van der Waals surface area contributed by atoms with Crippen molar-refractivity contribution in [3.63, 3.8) is 0 Å². The van der Waals surface area contributed by atoms with Gasteiger partial charge in [-0.15, -0.1) is 0 Å². The van der Waals surface area contributed by atoms with Crippen LogP contribution < -0.4 is 0 Å². The van der Waals surface area contributed by atoms with Gasteiger partial charge in [0.15, 0.2) is 6.10 Å². The van der Waals surface area contributed by atoms with Crippen LogP contribution in [0.1, 0.15) is 188 Å². The topological polar surface area (TPSA) is 78.9 Å². The maximum atomic E-state index is 12.8. The molecule has 6 heteroatoms. The Kier molecular flexibility index (Phi) is 54.2. The van der Waals surface area contributed by atoms with Crippen molar-refractivity contribution in [2.75, 3.05) is 13.2 Å². The Morgan fingerprint density at radius 3 is 0.767 bits per heavy atom. The van der Waals surface area contributed by atoms with Gasteiger partial charge in [0, 0.05) is 19.3 Å². The van der Waals surface area contributed by atoms with E-state index in [1.165, 1.54) is 0 Å². The monoisotopic (exact) mass is 999 g/mol. The lowest BCUT2D eigenvalue weighted by atomic mass is 10.2. The second-order valence-corrected chi connectivity index (χ2v) is 17.3. The predicted octanol–water partition coefficient (Wildman–Crippen LogP) is 19.1. The number of unbranched alkanes of at least 4 members (excludes halogenated alkanes) is 4. The molecule has 0 aliphatic heterocycles. The van der Waals surface area contributed by atoms with Gasteiger partial charge in [-0.1, -0.05) is 215 Å². The van der Waals surface area contributed by atoms with E-state index in [0.29, 0.717) is 19.3 Å². The number of carbonyl (C=O) groups excluding carboxylic acids is 3. The zero-order chi connectivity index (χ0) is 52.9. The fraction of sp³-hybridized carbons (Fsp3) is 0.478. The average Bonchev–Trinajstić information content (AvgIpc) is 3.39. The summed E-state index contributed by atoms with van der Waals surface area (Å²) in [6.07, 6.45) is 90.0. The van der Waals surface area contributed by atoms with Gasteiger partial charge in [-0.2, -0.15) is 0 Å². The normalized spacial score (nSPS) is 13.6. The fourth-order valence-corrected chi connectivity index (χ4v) is 6.51. The first-order valence-corrected chi connectivity index (χ1v) is 27.9. The van der Waals surface area contributed by atoms with Crippen LogP contribution in [0, 0.1) is 0 Å². The molecule has 0 radical (unpaired) electrons. The molecule has 0 bridgehead atoms. The van der Waals surface area contributed by atoms with Crippen LogP contribution in [0.5, 0.6) is 0 Å². The van der Waals surface area contributed by atoms with E-state index in [9.17, 15) is 14.4 Å². The average molecular weight is 1000 g/mol. The van der Waals surface area contributed by atoms with Crippen molar-refractivity contribution in [2.24, 2.45) is 0 Å². The maximum Gasteiger partial charge on any atom is 0.306 e. The second kappa shape index (κ2) is 58.8. The Morgan fingerprint density at radius 2 is 0.493 bits per heavy atom. The highest BCUT2D eigenvalue weighted by Crippen LogP contribution is 2.09. The van der Waals surface area contributed by atoms with E-state index in [4.69, 9.17) is 14.2 Å².